The van der Waals surface area contributed by atoms with E-state index >= 15 is 0 Å². The van der Waals surface area contributed by atoms with Crippen molar-refractivity contribution in [2.45, 2.75) is 177 Å². The normalized spacial score (nSPS) is 25.4. The predicted octanol–water partition coefficient (Wildman–Crippen LogP) is -3.62. The molecule has 4 fully saturated rings. The van der Waals surface area contributed by atoms with Crippen LogP contribution in [0.3, 0.4) is 0 Å². The second-order valence-electron chi connectivity index (χ2n) is 21.8. The van der Waals surface area contributed by atoms with Gasteiger partial charge < -0.3 is 39.4 Å². The van der Waals surface area contributed by atoms with Gasteiger partial charge in [-0.2, -0.15) is 67.3 Å². The number of hydrogen-bond acceptors (Lipinski definition) is 32. The van der Waals surface area contributed by atoms with Crippen molar-refractivity contribution in [3.05, 3.63) is 0 Å². The number of carbonyl (C=O) groups excluding carboxylic acids is 4. The van der Waals surface area contributed by atoms with E-state index in [-0.39, 0.29) is 12.1 Å². The fourth-order valence-corrected chi connectivity index (χ4v) is 13.7. The first-order valence-electron chi connectivity index (χ1n) is 27.3. The lowest BCUT2D eigenvalue weighted by atomic mass is 9.84. The first kappa shape index (κ1) is 82.1. The summed E-state index contributed by atoms with van der Waals surface area (Å²) in [4.78, 5) is 57.9. The number of carbonyl (C=O) groups is 4. The molecule has 2 saturated heterocycles. The summed E-state index contributed by atoms with van der Waals surface area (Å²) in [7, 11) is -46.1. The summed E-state index contributed by atoms with van der Waals surface area (Å²) in [5.41, 5.74) is -1.44. The van der Waals surface area contributed by atoms with Gasteiger partial charge >= 0.3 is 83.2 Å². The van der Waals surface area contributed by atoms with Crippen LogP contribution in [0, 0.1) is 5.41 Å². The standard InChI is InChI=1S/C41H72N4O40S8/c1-41(2,19-31(48)44(21-29(46)42-25-11-5-3-6-12-25)15-9-17-74-39-37(84-92(68,69)70)35(82-90(62,63)64)33(80-88(56,57)58)27(78-39)23-76-86(50,51)52)20-32(49)45(22-30(47)43-26-13-7-4-8-14-26)16-10-18-75-40-38(85-93(71,72)73)36(83-91(65,66)67)34(81-89(59,60)61)28(79-40)24-77-87(53,54)55/h25-28,33-40H,3-24H2,1-2H3,(H,42,46)(H,43,47)(H,50,51,52)(H,53,54,55)(H,56,57,58)(H,59,60,61)(H,62,63,64)(H,65,66,67)(H,68,69,70)(H,71,72,73)/t27-,28-,33-,34-,35+,36+,37+,38+,39+,40+/m1/s1. The Morgan fingerprint density at radius 3 is 0.978 bits per heavy atom. The largest absolute Gasteiger partial charge is 0.397 e. The highest BCUT2D eigenvalue weighted by atomic mass is 32.3. The molecule has 10 N–H and O–H groups in total. The van der Waals surface area contributed by atoms with Crippen LogP contribution in [-0.4, -0.2) is 263 Å². The van der Waals surface area contributed by atoms with Gasteiger partial charge in [-0.1, -0.05) is 52.4 Å². The second-order valence-corrected chi connectivity index (χ2v) is 30.3. The maximum Gasteiger partial charge on any atom is 0.397 e. The lowest BCUT2D eigenvalue weighted by Crippen LogP contribution is -2.63. The van der Waals surface area contributed by atoms with Gasteiger partial charge in [0.15, 0.2) is 24.8 Å². The smallest absolute Gasteiger partial charge is 0.352 e. The molecule has 2 heterocycles. The van der Waals surface area contributed by atoms with E-state index in [1.165, 1.54) is 13.8 Å². The number of nitrogens with zero attached hydrogens (tertiary/aromatic N) is 2. The molecular weight excluding hydrogens is 1440 g/mol. The quantitative estimate of drug-likeness (QED) is 0.0211. The molecule has 2 saturated carbocycles. The molecule has 4 amide bonds. The van der Waals surface area contributed by atoms with Crippen LogP contribution in [0.2, 0.25) is 0 Å². The zero-order valence-electron chi connectivity index (χ0n) is 48.8. The lowest BCUT2D eigenvalue weighted by molar-refractivity contribution is -0.286. The SMILES string of the molecule is CC(C)(CC(=O)N(CCCO[C@H]1O[C@H](COS(=O)(=O)O)[C@@H](OS(=O)(=O)O)[C@H](OS(=O)(=O)O)[C@@H]1OS(=O)(=O)O)CC(=O)NC1CCCCC1)CC(=O)N(CCCO[C@H]1O[C@H](COS(=O)(=O)O)[C@@H](OS(=O)(=O)O)[C@H](OS(=O)(=O)O)[C@@H]1OS(=O)(=O)O)CC(=O)NC1CCCCC1. The van der Waals surface area contributed by atoms with Crippen LogP contribution in [0.1, 0.15) is 104 Å². The highest BCUT2D eigenvalue weighted by molar-refractivity contribution is 7.82. The third-order valence-electron chi connectivity index (χ3n) is 13.6. The average molecular weight is 1520 g/mol. The van der Waals surface area contributed by atoms with Gasteiger partial charge in [0.2, 0.25) is 23.6 Å². The molecule has 544 valence electrons. The van der Waals surface area contributed by atoms with Crippen molar-refractivity contribution < 1.29 is 175 Å². The zero-order valence-corrected chi connectivity index (χ0v) is 55.3. The molecular formula is C41H72N4O40S8. The molecule has 52 heteroatoms. The minimum absolute atomic E-state index is 0.318. The third-order valence-corrected chi connectivity index (χ3v) is 17.3. The maximum atomic E-state index is 14.4. The Hall–Kier alpha value is -3.32. The zero-order chi connectivity index (χ0) is 70.3. The molecule has 93 heavy (non-hydrogen) atoms. The monoisotopic (exact) mass is 1520 g/mol. The van der Waals surface area contributed by atoms with Crippen LogP contribution >= 0.6 is 0 Å². The van der Waals surface area contributed by atoms with E-state index in [1.807, 2.05) is 0 Å². The van der Waals surface area contributed by atoms with E-state index in [0.717, 1.165) is 48.3 Å². The summed E-state index contributed by atoms with van der Waals surface area (Å²) < 4.78 is 321. The van der Waals surface area contributed by atoms with Gasteiger partial charge in [-0.3, -0.25) is 55.6 Å². The molecule has 2 aliphatic carbocycles. The maximum absolute atomic E-state index is 14.4. The first-order valence-corrected chi connectivity index (χ1v) is 38.2. The minimum Gasteiger partial charge on any atom is -0.352 e. The molecule has 0 bridgehead atoms. The van der Waals surface area contributed by atoms with Crippen molar-refractivity contribution in [3.63, 3.8) is 0 Å². The van der Waals surface area contributed by atoms with Gasteiger partial charge in [-0.25, -0.2) is 33.5 Å². The molecule has 0 aromatic carbocycles. The molecule has 2 aliphatic heterocycles. The Morgan fingerprint density at radius 1 is 0.419 bits per heavy atom. The van der Waals surface area contributed by atoms with E-state index in [2.05, 4.69) is 44.1 Å². The summed E-state index contributed by atoms with van der Waals surface area (Å²) in [6, 6.07) is -0.635. The van der Waals surface area contributed by atoms with Crippen LogP contribution in [0.25, 0.3) is 0 Å². The van der Waals surface area contributed by atoms with Crippen molar-refractivity contribution in [1.82, 2.24) is 20.4 Å². The van der Waals surface area contributed by atoms with Crippen molar-refractivity contribution in [3.8, 4) is 0 Å². The summed E-state index contributed by atoms with van der Waals surface area (Å²) in [6.07, 6.45) is -21.9. The van der Waals surface area contributed by atoms with Gasteiger partial charge in [0.25, 0.3) is 0 Å². The van der Waals surface area contributed by atoms with E-state index in [1.54, 1.807) is 0 Å². The minimum atomic E-state index is -5.89. The van der Waals surface area contributed by atoms with E-state index in [9.17, 15) is 123 Å². The van der Waals surface area contributed by atoms with Crippen LogP contribution < -0.4 is 10.6 Å². The molecule has 4 aliphatic rings. The first-order chi connectivity index (χ1) is 42.4. The average Bonchev–Trinajstić information content (AvgIpc) is 0.803. The lowest BCUT2D eigenvalue weighted by Gasteiger charge is -2.43. The molecule has 0 aromatic heterocycles. The van der Waals surface area contributed by atoms with Gasteiger partial charge in [-0.15, -0.1) is 0 Å². The Bertz CT molecular complexity index is 3250. The van der Waals surface area contributed by atoms with Crippen molar-refractivity contribution in [2.75, 3.05) is 52.6 Å². The molecule has 0 unspecified atom stereocenters. The van der Waals surface area contributed by atoms with Gasteiger partial charge in [0.05, 0.1) is 39.5 Å². The van der Waals surface area contributed by atoms with Crippen LogP contribution in [0.5, 0.6) is 0 Å². The molecule has 0 spiro atoms. The Balaban J connectivity index is 1.62. The number of nitrogens with one attached hydrogen (secondary N) is 2. The highest BCUT2D eigenvalue weighted by Crippen LogP contribution is 2.35. The van der Waals surface area contributed by atoms with E-state index < -0.39 is 252 Å². The number of rotatable bonds is 38. The summed E-state index contributed by atoms with van der Waals surface area (Å²) in [5.74, 6) is -3.10. The molecule has 4 rings (SSSR count). The highest BCUT2D eigenvalue weighted by Gasteiger charge is 2.56. The fraction of sp³-hybridized carbons (Fsp3) is 0.902. The topological polar surface area (TPSA) is 645 Å². The summed E-state index contributed by atoms with van der Waals surface area (Å²) in [6.45, 7) is -4.36. The predicted molar refractivity (Wildman–Crippen MR) is 298 cm³/mol. The Labute approximate surface area is 535 Å². The van der Waals surface area contributed by atoms with Crippen molar-refractivity contribution >= 4 is 107 Å². The van der Waals surface area contributed by atoms with Crippen molar-refractivity contribution in [1.29, 1.82) is 0 Å². The number of ether oxygens (including phenoxy) is 4. The molecule has 0 aromatic rings. The van der Waals surface area contributed by atoms with E-state index in [4.69, 9.17) is 18.9 Å². The Kier molecular flexibility index (Phi) is 30.4. The van der Waals surface area contributed by atoms with Crippen LogP contribution in [0.15, 0.2) is 0 Å². The second kappa shape index (κ2) is 34.4. The van der Waals surface area contributed by atoms with Crippen molar-refractivity contribution in [2.24, 2.45) is 5.41 Å². The fourth-order valence-electron chi connectivity index (χ4n) is 10.1. The van der Waals surface area contributed by atoms with Crippen LogP contribution in [-0.2, 0) is 155 Å². The molecule has 44 nitrogen and oxygen atoms in total. The molecule has 0 radical (unpaired) electrons. The van der Waals surface area contributed by atoms with Gasteiger partial charge in [0.1, 0.15) is 36.6 Å². The molecule has 10 atom stereocenters. The van der Waals surface area contributed by atoms with Gasteiger partial charge in [-0.05, 0) is 43.9 Å². The summed E-state index contributed by atoms with van der Waals surface area (Å²) >= 11 is 0. The van der Waals surface area contributed by atoms with Gasteiger partial charge in [0, 0.05) is 38.0 Å². The number of amides is 4. The third kappa shape index (κ3) is 32.7. The van der Waals surface area contributed by atoms with E-state index in [0.29, 0.717) is 25.7 Å². The number of hydrogen-bond donors (Lipinski definition) is 10. The van der Waals surface area contributed by atoms with Crippen LogP contribution in [0.4, 0.5) is 0 Å². The summed E-state index contributed by atoms with van der Waals surface area (Å²) in [5, 5.41) is 5.62. The Morgan fingerprint density at radius 2 is 0.699 bits per heavy atom.